The molecular weight excluding hydrogens is 210 g/mol. The highest BCUT2D eigenvalue weighted by atomic mass is 35.5. The van der Waals surface area contributed by atoms with Gasteiger partial charge in [-0.1, -0.05) is 25.4 Å². The Balaban J connectivity index is 2.28. The van der Waals surface area contributed by atoms with Gasteiger partial charge in [0, 0.05) is 7.05 Å². The SMILES string of the molecule is CNC(c1c(Cl)cnn1C)C1CC1(C)C. The summed E-state index contributed by atoms with van der Waals surface area (Å²) in [6.45, 7) is 4.60. The summed E-state index contributed by atoms with van der Waals surface area (Å²) in [5, 5.41) is 8.31. The van der Waals surface area contributed by atoms with Crippen molar-refractivity contribution in [1.82, 2.24) is 15.1 Å². The van der Waals surface area contributed by atoms with E-state index in [1.54, 1.807) is 6.20 Å². The predicted octanol–water partition coefficient (Wildman–Crippen LogP) is 2.38. The Morgan fingerprint density at radius 3 is 2.60 bits per heavy atom. The van der Waals surface area contributed by atoms with E-state index in [4.69, 9.17) is 11.6 Å². The van der Waals surface area contributed by atoms with Crippen LogP contribution in [0.4, 0.5) is 0 Å². The normalized spacial score (nSPS) is 25.3. The molecule has 2 rings (SSSR count). The van der Waals surface area contributed by atoms with E-state index in [1.165, 1.54) is 6.42 Å². The summed E-state index contributed by atoms with van der Waals surface area (Å²) in [5.41, 5.74) is 1.54. The van der Waals surface area contributed by atoms with E-state index in [1.807, 2.05) is 18.8 Å². The maximum absolute atomic E-state index is 6.16. The van der Waals surface area contributed by atoms with Crippen molar-refractivity contribution >= 4 is 11.6 Å². The lowest BCUT2D eigenvalue weighted by molar-refractivity contribution is 0.420. The van der Waals surface area contributed by atoms with Gasteiger partial charge in [-0.15, -0.1) is 0 Å². The molecule has 2 atom stereocenters. The topological polar surface area (TPSA) is 29.9 Å². The van der Waals surface area contributed by atoms with Gasteiger partial charge in [-0.25, -0.2) is 0 Å². The number of aromatic nitrogens is 2. The van der Waals surface area contributed by atoms with Gasteiger partial charge in [0.15, 0.2) is 0 Å². The molecule has 1 aliphatic rings. The summed E-state index contributed by atoms with van der Waals surface area (Å²) in [5.74, 6) is 0.662. The fourth-order valence-corrected chi connectivity index (χ4v) is 2.66. The standard InChI is InChI=1S/C11H18ClN3/c1-11(2)5-7(11)9(13-3)10-8(12)6-14-15(10)4/h6-7,9,13H,5H2,1-4H3. The monoisotopic (exact) mass is 227 g/mol. The van der Waals surface area contributed by atoms with E-state index in [0.717, 1.165) is 10.7 Å². The number of nitrogens with zero attached hydrogens (tertiary/aromatic N) is 2. The first-order valence-electron chi connectivity index (χ1n) is 5.32. The van der Waals surface area contributed by atoms with Crippen molar-refractivity contribution in [2.75, 3.05) is 7.05 Å². The van der Waals surface area contributed by atoms with Crippen LogP contribution in [0.3, 0.4) is 0 Å². The first-order chi connectivity index (χ1) is 6.97. The third-order valence-electron chi connectivity index (χ3n) is 3.54. The molecule has 0 saturated heterocycles. The van der Waals surface area contributed by atoms with Gasteiger partial charge in [0.25, 0.3) is 0 Å². The molecule has 0 radical (unpaired) electrons. The van der Waals surface area contributed by atoms with Crippen molar-refractivity contribution in [2.24, 2.45) is 18.4 Å². The Hall–Kier alpha value is -0.540. The average molecular weight is 228 g/mol. The molecule has 4 heteroatoms. The smallest absolute Gasteiger partial charge is 0.0834 e. The van der Waals surface area contributed by atoms with Crippen LogP contribution in [0.25, 0.3) is 0 Å². The first kappa shape index (κ1) is 11.0. The van der Waals surface area contributed by atoms with E-state index < -0.39 is 0 Å². The van der Waals surface area contributed by atoms with Crippen LogP contribution in [-0.4, -0.2) is 16.8 Å². The molecule has 1 N–H and O–H groups in total. The maximum atomic E-state index is 6.16. The Morgan fingerprint density at radius 2 is 2.27 bits per heavy atom. The summed E-state index contributed by atoms with van der Waals surface area (Å²) in [4.78, 5) is 0. The predicted molar refractivity (Wildman–Crippen MR) is 61.9 cm³/mol. The van der Waals surface area contributed by atoms with E-state index in [-0.39, 0.29) is 0 Å². The highest BCUT2D eigenvalue weighted by Crippen LogP contribution is 2.58. The van der Waals surface area contributed by atoms with Gasteiger partial charge in [0.05, 0.1) is 23.0 Å². The molecule has 0 spiro atoms. The molecule has 0 aliphatic heterocycles. The second kappa shape index (κ2) is 3.49. The van der Waals surface area contributed by atoms with Crippen LogP contribution in [-0.2, 0) is 7.05 Å². The second-order valence-corrected chi connectivity index (χ2v) is 5.47. The van der Waals surface area contributed by atoms with Crippen LogP contribution in [0, 0.1) is 11.3 Å². The van der Waals surface area contributed by atoms with E-state index in [0.29, 0.717) is 17.4 Å². The Labute approximate surface area is 95.8 Å². The zero-order chi connectivity index (χ0) is 11.2. The van der Waals surface area contributed by atoms with Crippen LogP contribution in [0.2, 0.25) is 5.02 Å². The number of halogens is 1. The van der Waals surface area contributed by atoms with Gasteiger partial charge in [-0.2, -0.15) is 5.10 Å². The van der Waals surface area contributed by atoms with E-state index >= 15 is 0 Å². The Kier molecular flexibility index (Phi) is 2.55. The van der Waals surface area contributed by atoms with Crippen LogP contribution in [0.15, 0.2) is 6.20 Å². The van der Waals surface area contributed by atoms with Crippen LogP contribution >= 0.6 is 11.6 Å². The average Bonchev–Trinajstić information content (AvgIpc) is 2.66. The molecule has 15 heavy (non-hydrogen) atoms. The van der Waals surface area contributed by atoms with Gasteiger partial charge in [0.1, 0.15) is 0 Å². The van der Waals surface area contributed by atoms with Gasteiger partial charge < -0.3 is 5.32 Å². The van der Waals surface area contributed by atoms with Crippen molar-refractivity contribution in [3.63, 3.8) is 0 Å². The van der Waals surface area contributed by atoms with E-state index in [2.05, 4.69) is 24.3 Å². The van der Waals surface area contributed by atoms with Crippen molar-refractivity contribution in [2.45, 2.75) is 26.3 Å². The summed E-state index contributed by atoms with van der Waals surface area (Å²) in [6, 6.07) is 0.319. The Morgan fingerprint density at radius 1 is 1.67 bits per heavy atom. The number of hydrogen-bond acceptors (Lipinski definition) is 2. The highest BCUT2D eigenvalue weighted by Gasteiger charge is 2.51. The second-order valence-electron chi connectivity index (χ2n) is 5.07. The largest absolute Gasteiger partial charge is 0.311 e. The minimum Gasteiger partial charge on any atom is -0.311 e. The van der Waals surface area contributed by atoms with Crippen molar-refractivity contribution in [3.05, 3.63) is 16.9 Å². The van der Waals surface area contributed by atoms with Gasteiger partial charge >= 0.3 is 0 Å². The molecule has 1 aromatic heterocycles. The van der Waals surface area contributed by atoms with Gasteiger partial charge in [0.2, 0.25) is 0 Å². The molecule has 1 saturated carbocycles. The summed E-state index contributed by atoms with van der Waals surface area (Å²) in [6.07, 6.45) is 2.97. The molecule has 84 valence electrons. The van der Waals surface area contributed by atoms with Crippen LogP contribution in [0.1, 0.15) is 32.0 Å². The minimum atomic E-state index is 0.319. The maximum Gasteiger partial charge on any atom is 0.0834 e. The summed E-state index contributed by atoms with van der Waals surface area (Å²) >= 11 is 6.16. The molecule has 1 aliphatic carbocycles. The van der Waals surface area contributed by atoms with Gasteiger partial charge in [-0.05, 0) is 24.8 Å². The fraction of sp³-hybridized carbons (Fsp3) is 0.727. The lowest BCUT2D eigenvalue weighted by Crippen LogP contribution is -2.23. The quantitative estimate of drug-likeness (QED) is 0.860. The third-order valence-corrected chi connectivity index (χ3v) is 3.83. The summed E-state index contributed by atoms with van der Waals surface area (Å²) < 4.78 is 1.87. The number of nitrogens with one attached hydrogen (secondary N) is 1. The lowest BCUT2D eigenvalue weighted by atomic mass is 10.0. The molecule has 0 aromatic carbocycles. The van der Waals surface area contributed by atoms with Crippen LogP contribution in [0.5, 0.6) is 0 Å². The molecule has 0 bridgehead atoms. The molecule has 1 fully saturated rings. The zero-order valence-electron chi connectivity index (χ0n) is 9.71. The minimum absolute atomic E-state index is 0.319. The molecule has 2 unspecified atom stereocenters. The molecule has 0 amide bonds. The highest BCUT2D eigenvalue weighted by molar-refractivity contribution is 6.31. The van der Waals surface area contributed by atoms with Crippen molar-refractivity contribution in [3.8, 4) is 0 Å². The number of hydrogen-bond donors (Lipinski definition) is 1. The molecule has 1 aromatic rings. The van der Waals surface area contributed by atoms with Crippen molar-refractivity contribution < 1.29 is 0 Å². The zero-order valence-corrected chi connectivity index (χ0v) is 10.5. The molecule has 3 nitrogen and oxygen atoms in total. The number of rotatable bonds is 3. The van der Waals surface area contributed by atoms with Crippen molar-refractivity contribution in [1.29, 1.82) is 0 Å². The van der Waals surface area contributed by atoms with E-state index in [9.17, 15) is 0 Å². The molecule has 1 heterocycles. The summed E-state index contributed by atoms with van der Waals surface area (Å²) in [7, 11) is 3.93. The lowest BCUT2D eigenvalue weighted by Gasteiger charge is -2.18. The number of aryl methyl sites for hydroxylation is 1. The fourth-order valence-electron chi connectivity index (χ4n) is 2.38. The van der Waals surface area contributed by atoms with Gasteiger partial charge in [-0.3, -0.25) is 4.68 Å². The third kappa shape index (κ3) is 1.79. The Bertz CT molecular complexity index is 350. The molecular formula is C11H18ClN3. The first-order valence-corrected chi connectivity index (χ1v) is 5.70. The van der Waals surface area contributed by atoms with Crippen LogP contribution < -0.4 is 5.32 Å².